The summed E-state index contributed by atoms with van der Waals surface area (Å²) in [7, 11) is 1.65. The Labute approximate surface area is 83.2 Å². The minimum Gasteiger partial charge on any atom is -0.497 e. The van der Waals surface area contributed by atoms with E-state index in [9.17, 15) is 4.79 Å². The molecule has 0 N–H and O–H groups in total. The molecule has 0 heterocycles. The van der Waals surface area contributed by atoms with Crippen LogP contribution in [0.1, 0.15) is 17.9 Å². The Morgan fingerprint density at radius 2 is 2.00 bits per heavy atom. The summed E-state index contributed by atoms with van der Waals surface area (Å²) in [5.74, 6) is 1.32. The van der Waals surface area contributed by atoms with Crippen molar-refractivity contribution in [2.75, 3.05) is 7.11 Å². The molecule has 0 aliphatic heterocycles. The van der Waals surface area contributed by atoms with Crippen molar-refractivity contribution in [1.82, 2.24) is 0 Å². The van der Waals surface area contributed by atoms with Crippen molar-refractivity contribution in [3.63, 3.8) is 0 Å². The molecule has 14 heavy (non-hydrogen) atoms. The second-order valence-corrected chi connectivity index (χ2v) is 3.41. The number of allylic oxidation sites excluding steroid dienone is 2. The van der Waals surface area contributed by atoms with E-state index in [4.69, 9.17) is 4.74 Å². The minimum atomic E-state index is 0.214. The molecule has 0 fully saturated rings. The first-order valence-electron chi connectivity index (χ1n) is 4.64. The molecular weight excluding hydrogens is 176 g/mol. The van der Waals surface area contributed by atoms with Crippen LogP contribution < -0.4 is 4.74 Å². The number of benzene rings is 1. The minimum absolute atomic E-state index is 0.214. The predicted molar refractivity (Wildman–Crippen MR) is 54.5 cm³/mol. The molecule has 0 radical (unpaired) electrons. The normalized spacial score (nSPS) is 20.1. The van der Waals surface area contributed by atoms with Gasteiger partial charge in [0.25, 0.3) is 0 Å². The van der Waals surface area contributed by atoms with Gasteiger partial charge >= 0.3 is 0 Å². The zero-order valence-corrected chi connectivity index (χ0v) is 8.07. The summed E-state index contributed by atoms with van der Waals surface area (Å²) in [5, 5.41) is 0. The third kappa shape index (κ3) is 1.69. The van der Waals surface area contributed by atoms with Crippen LogP contribution in [0.15, 0.2) is 36.4 Å². The zero-order chi connectivity index (χ0) is 9.97. The van der Waals surface area contributed by atoms with E-state index in [0.29, 0.717) is 6.42 Å². The number of carbonyl (C=O) groups is 1. The van der Waals surface area contributed by atoms with Crippen molar-refractivity contribution in [3.05, 3.63) is 42.0 Å². The van der Waals surface area contributed by atoms with Crippen LogP contribution in [0.3, 0.4) is 0 Å². The maximum atomic E-state index is 11.0. The lowest BCUT2D eigenvalue weighted by Gasteiger charge is -2.07. The van der Waals surface area contributed by atoms with E-state index in [1.807, 2.05) is 30.3 Å². The molecule has 0 amide bonds. The van der Waals surface area contributed by atoms with E-state index in [2.05, 4.69) is 0 Å². The van der Waals surface area contributed by atoms with Gasteiger partial charge in [-0.25, -0.2) is 0 Å². The van der Waals surface area contributed by atoms with E-state index in [-0.39, 0.29) is 11.7 Å². The van der Waals surface area contributed by atoms with Gasteiger partial charge in [0.05, 0.1) is 7.11 Å². The molecule has 1 atom stereocenters. The summed E-state index contributed by atoms with van der Waals surface area (Å²) < 4.78 is 5.07. The molecule has 0 unspecified atom stereocenters. The van der Waals surface area contributed by atoms with E-state index in [1.54, 1.807) is 13.2 Å². The Bertz CT molecular complexity index is 362. The summed E-state index contributed by atoms with van der Waals surface area (Å²) in [6, 6.07) is 7.86. The third-order valence-corrected chi connectivity index (χ3v) is 2.48. The largest absolute Gasteiger partial charge is 0.497 e. The lowest BCUT2D eigenvalue weighted by Crippen LogP contribution is -1.95. The van der Waals surface area contributed by atoms with Crippen molar-refractivity contribution < 1.29 is 9.53 Å². The Morgan fingerprint density at radius 3 is 2.50 bits per heavy atom. The predicted octanol–water partition coefficient (Wildman–Crippen LogP) is 2.31. The number of rotatable bonds is 2. The number of hydrogen-bond donors (Lipinski definition) is 0. The highest BCUT2D eigenvalue weighted by molar-refractivity contribution is 5.93. The fourth-order valence-corrected chi connectivity index (χ4v) is 1.66. The van der Waals surface area contributed by atoms with Gasteiger partial charge in [-0.3, -0.25) is 4.79 Å². The Balaban J connectivity index is 2.17. The fraction of sp³-hybridized carbons (Fsp3) is 0.250. The number of ketones is 1. The highest BCUT2D eigenvalue weighted by Gasteiger charge is 2.17. The quantitative estimate of drug-likeness (QED) is 0.711. The first-order valence-corrected chi connectivity index (χ1v) is 4.64. The summed E-state index contributed by atoms with van der Waals surface area (Å²) >= 11 is 0. The molecule has 72 valence electrons. The van der Waals surface area contributed by atoms with Crippen LogP contribution in [0.5, 0.6) is 5.75 Å². The summed E-state index contributed by atoms with van der Waals surface area (Å²) in [6.07, 6.45) is 4.23. The monoisotopic (exact) mass is 188 g/mol. The second kappa shape index (κ2) is 3.66. The van der Waals surface area contributed by atoms with E-state index in [0.717, 1.165) is 5.75 Å². The van der Waals surface area contributed by atoms with Gasteiger partial charge in [-0.05, 0) is 23.8 Å². The van der Waals surface area contributed by atoms with Gasteiger partial charge in [0.1, 0.15) is 5.75 Å². The lowest BCUT2D eigenvalue weighted by atomic mass is 9.99. The van der Waals surface area contributed by atoms with Gasteiger partial charge in [0.15, 0.2) is 5.78 Å². The summed E-state index contributed by atoms with van der Waals surface area (Å²) in [5.41, 5.74) is 1.17. The maximum absolute atomic E-state index is 11.0. The lowest BCUT2D eigenvalue weighted by molar-refractivity contribution is -0.114. The SMILES string of the molecule is COc1ccc([C@H]2C=CC(=O)C2)cc1. The van der Waals surface area contributed by atoms with E-state index >= 15 is 0 Å². The van der Waals surface area contributed by atoms with Crippen molar-refractivity contribution in [3.8, 4) is 5.75 Å². The van der Waals surface area contributed by atoms with Gasteiger partial charge in [0.2, 0.25) is 0 Å². The molecule has 1 aromatic rings. The van der Waals surface area contributed by atoms with Crippen molar-refractivity contribution in [1.29, 1.82) is 0 Å². The van der Waals surface area contributed by atoms with Crippen LogP contribution in [0.2, 0.25) is 0 Å². The van der Waals surface area contributed by atoms with Crippen LogP contribution in [0.25, 0.3) is 0 Å². The first-order chi connectivity index (χ1) is 6.79. The molecule has 0 saturated carbocycles. The van der Waals surface area contributed by atoms with Crippen molar-refractivity contribution >= 4 is 5.78 Å². The average Bonchev–Trinajstić information content (AvgIpc) is 2.65. The molecule has 0 bridgehead atoms. The summed E-state index contributed by atoms with van der Waals surface area (Å²) in [4.78, 5) is 11.0. The molecule has 2 heteroatoms. The first kappa shape index (κ1) is 9.00. The van der Waals surface area contributed by atoms with Gasteiger partial charge in [0, 0.05) is 12.3 Å². The number of carbonyl (C=O) groups excluding carboxylic acids is 1. The standard InChI is InChI=1S/C12H12O2/c1-14-12-6-3-9(4-7-12)10-2-5-11(13)8-10/h2-7,10H,8H2,1H3/t10-/m0/s1. The number of methoxy groups -OCH3 is 1. The van der Waals surface area contributed by atoms with E-state index < -0.39 is 0 Å². The molecule has 0 saturated heterocycles. The Hall–Kier alpha value is -1.57. The zero-order valence-electron chi connectivity index (χ0n) is 8.07. The molecule has 0 spiro atoms. The second-order valence-electron chi connectivity index (χ2n) is 3.41. The van der Waals surface area contributed by atoms with E-state index in [1.165, 1.54) is 5.56 Å². The van der Waals surface area contributed by atoms with Crippen molar-refractivity contribution in [2.45, 2.75) is 12.3 Å². The van der Waals surface area contributed by atoms with Crippen LogP contribution >= 0.6 is 0 Å². The van der Waals surface area contributed by atoms with Gasteiger partial charge in [-0.1, -0.05) is 18.2 Å². The molecular formula is C12H12O2. The topological polar surface area (TPSA) is 26.3 Å². The number of hydrogen-bond acceptors (Lipinski definition) is 2. The van der Waals surface area contributed by atoms with Crippen molar-refractivity contribution in [2.24, 2.45) is 0 Å². The van der Waals surface area contributed by atoms with Crippen LogP contribution in [-0.4, -0.2) is 12.9 Å². The molecule has 1 aromatic carbocycles. The Kier molecular flexibility index (Phi) is 2.35. The van der Waals surface area contributed by atoms with Gasteiger partial charge < -0.3 is 4.74 Å². The molecule has 1 aliphatic rings. The molecule has 1 aliphatic carbocycles. The van der Waals surface area contributed by atoms with Crippen LogP contribution in [0, 0.1) is 0 Å². The number of ether oxygens (including phenoxy) is 1. The van der Waals surface area contributed by atoms with Crippen LogP contribution in [-0.2, 0) is 4.79 Å². The Morgan fingerprint density at radius 1 is 1.29 bits per heavy atom. The maximum Gasteiger partial charge on any atom is 0.156 e. The highest BCUT2D eigenvalue weighted by atomic mass is 16.5. The van der Waals surface area contributed by atoms with Crippen LogP contribution in [0.4, 0.5) is 0 Å². The van der Waals surface area contributed by atoms with Gasteiger partial charge in [-0.15, -0.1) is 0 Å². The summed E-state index contributed by atoms with van der Waals surface area (Å²) in [6.45, 7) is 0. The highest BCUT2D eigenvalue weighted by Crippen LogP contribution is 2.27. The van der Waals surface area contributed by atoms with Gasteiger partial charge in [-0.2, -0.15) is 0 Å². The fourth-order valence-electron chi connectivity index (χ4n) is 1.66. The average molecular weight is 188 g/mol. The molecule has 2 rings (SSSR count). The molecule has 2 nitrogen and oxygen atoms in total. The third-order valence-electron chi connectivity index (χ3n) is 2.48. The smallest absolute Gasteiger partial charge is 0.156 e. The molecule has 0 aromatic heterocycles.